The van der Waals surface area contributed by atoms with Crippen LogP contribution in [0.5, 0.6) is 0 Å². The molecule has 1 atom stereocenters. The summed E-state index contributed by atoms with van der Waals surface area (Å²) in [4.78, 5) is 2.76. The molecule has 22 heavy (non-hydrogen) atoms. The number of ether oxygens (including phenoxy) is 1. The van der Waals surface area contributed by atoms with E-state index in [4.69, 9.17) is 4.74 Å². The lowest BCUT2D eigenvalue weighted by Gasteiger charge is -2.39. The lowest BCUT2D eigenvalue weighted by Crippen LogP contribution is -3.00. The Morgan fingerprint density at radius 2 is 1.73 bits per heavy atom. The van der Waals surface area contributed by atoms with Crippen LogP contribution in [-0.4, -0.2) is 44.9 Å². The van der Waals surface area contributed by atoms with Crippen molar-refractivity contribution >= 4 is 28.2 Å². The van der Waals surface area contributed by atoms with Crippen LogP contribution in [0.4, 0.5) is 0 Å². The molecule has 1 fully saturated rings. The van der Waals surface area contributed by atoms with Crippen molar-refractivity contribution in [2.24, 2.45) is 0 Å². The van der Waals surface area contributed by atoms with Crippen molar-refractivity contribution in [1.29, 1.82) is 0 Å². The molecule has 2 nitrogen and oxygen atoms in total. The quantitative estimate of drug-likeness (QED) is 0.749. The van der Waals surface area contributed by atoms with Gasteiger partial charge in [0.25, 0.3) is 0 Å². The van der Waals surface area contributed by atoms with E-state index in [0.29, 0.717) is 6.10 Å². The third-order valence-electron chi connectivity index (χ3n) is 4.01. The molecule has 0 aromatic carbocycles. The standard InChI is InChI=1S/C17H22NOS2.ClH/c1-18(2)11-13(10-14(12-18)19-3)17(15-6-4-8-20-15)16-7-5-9-21-16;/h4-9,14H,10-12H2,1-3H3;1H/q+1;/p-1/t14-;/m0./s1. The van der Waals surface area contributed by atoms with E-state index in [9.17, 15) is 0 Å². The summed E-state index contributed by atoms with van der Waals surface area (Å²) in [6.07, 6.45) is 1.36. The molecule has 0 unspecified atom stereocenters. The summed E-state index contributed by atoms with van der Waals surface area (Å²) in [7, 11) is 6.43. The van der Waals surface area contributed by atoms with Gasteiger partial charge in [0.1, 0.15) is 19.2 Å². The maximum atomic E-state index is 5.70. The Morgan fingerprint density at radius 3 is 2.18 bits per heavy atom. The lowest BCUT2D eigenvalue weighted by molar-refractivity contribution is -0.892. The molecule has 1 saturated heterocycles. The maximum Gasteiger partial charge on any atom is 0.110 e. The van der Waals surface area contributed by atoms with Crippen molar-refractivity contribution in [3.63, 3.8) is 0 Å². The minimum absolute atomic E-state index is 0. The Labute approximate surface area is 147 Å². The van der Waals surface area contributed by atoms with Gasteiger partial charge in [-0.25, -0.2) is 0 Å². The molecule has 0 radical (unpaired) electrons. The number of halogens is 1. The zero-order valence-electron chi connectivity index (χ0n) is 13.2. The van der Waals surface area contributed by atoms with Gasteiger partial charge >= 0.3 is 0 Å². The summed E-state index contributed by atoms with van der Waals surface area (Å²) in [5.41, 5.74) is 2.97. The first-order chi connectivity index (χ1) is 10.1. The van der Waals surface area contributed by atoms with Crippen molar-refractivity contribution < 1.29 is 21.6 Å². The highest BCUT2D eigenvalue weighted by molar-refractivity contribution is 7.13. The van der Waals surface area contributed by atoms with Crippen LogP contribution < -0.4 is 12.4 Å². The number of quaternary nitrogens is 1. The zero-order chi connectivity index (χ0) is 14.9. The minimum atomic E-state index is 0. The zero-order valence-corrected chi connectivity index (χ0v) is 15.6. The monoisotopic (exact) mass is 355 g/mol. The number of rotatable bonds is 3. The van der Waals surface area contributed by atoms with Crippen molar-refractivity contribution in [2.45, 2.75) is 12.5 Å². The minimum Gasteiger partial charge on any atom is -1.00 e. The van der Waals surface area contributed by atoms with E-state index in [0.717, 1.165) is 24.0 Å². The molecule has 1 aliphatic heterocycles. The second-order valence-electron chi connectivity index (χ2n) is 6.27. The fourth-order valence-corrected chi connectivity index (χ4v) is 4.92. The Kier molecular flexibility index (Phi) is 5.86. The van der Waals surface area contributed by atoms with Crippen LogP contribution in [0.3, 0.4) is 0 Å². The Hall–Kier alpha value is -0.650. The Morgan fingerprint density at radius 1 is 1.14 bits per heavy atom. The highest BCUT2D eigenvalue weighted by Gasteiger charge is 2.33. The molecule has 0 amide bonds. The summed E-state index contributed by atoms with van der Waals surface area (Å²) in [5.74, 6) is 0. The topological polar surface area (TPSA) is 9.23 Å². The summed E-state index contributed by atoms with van der Waals surface area (Å²) in [5, 5.41) is 4.33. The van der Waals surface area contributed by atoms with Gasteiger partial charge in [0.05, 0.1) is 14.1 Å². The molecule has 0 N–H and O–H groups in total. The van der Waals surface area contributed by atoms with Crippen LogP contribution in [0.2, 0.25) is 0 Å². The normalized spacial score (nSPS) is 20.5. The van der Waals surface area contributed by atoms with Gasteiger partial charge in [-0.15, -0.1) is 22.7 Å². The summed E-state index contributed by atoms with van der Waals surface area (Å²) in [6, 6.07) is 8.77. The SMILES string of the molecule is CO[C@H]1CC(=C(c2cccs2)c2cccs2)C[N+](C)(C)C1.[Cl-]. The average Bonchev–Trinajstić information content (AvgIpc) is 3.11. The molecule has 5 heteroatoms. The molecule has 0 bridgehead atoms. The lowest BCUT2D eigenvalue weighted by atomic mass is 9.94. The first kappa shape index (κ1) is 17.7. The highest BCUT2D eigenvalue weighted by Crippen LogP contribution is 2.37. The molecule has 120 valence electrons. The van der Waals surface area contributed by atoms with E-state index in [-0.39, 0.29) is 12.4 Å². The molecule has 1 aliphatic rings. The predicted octanol–water partition coefficient (Wildman–Crippen LogP) is 1.11. The first-order valence-electron chi connectivity index (χ1n) is 7.23. The molecular formula is C17H22ClNOS2. The second kappa shape index (κ2) is 7.28. The summed E-state index contributed by atoms with van der Waals surface area (Å²) >= 11 is 3.67. The number of hydrogen-bond acceptors (Lipinski definition) is 3. The van der Waals surface area contributed by atoms with Crippen molar-refractivity contribution in [3.8, 4) is 0 Å². The van der Waals surface area contributed by atoms with Gasteiger partial charge < -0.3 is 21.6 Å². The first-order valence-corrected chi connectivity index (χ1v) is 8.99. The highest BCUT2D eigenvalue weighted by atomic mass is 35.5. The number of piperidine rings is 1. The molecule has 0 aliphatic carbocycles. The summed E-state index contributed by atoms with van der Waals surface area (Å²) < 4.78 is 6.69. The number of nitrogens with zero attached hydrogens (tertiary/aromatic N) is 1. The van der Waals surface area contributed by atoms with Crippen LogP contribution in [0, 0.1) is 0 Å². The third kappa shape index (κ3) is 3.81. The van der Waals surface area contributed by atoms with Crippen molar-refractivity contribution in [2.75, 3.05) is 34.3 Å². The van der Waals surface area contributed by atoms with Gasteiger partial charge in [0.15, 0.2) is 0 Å². The molecule has 0 saturated carbocycles. The van der Waals surface area contributed by atoms with E-state index >= 15 is 0 Å². The van der Waals surface area contributed by atoms with Crippen LogP contribution in [-0.2, 0) is 4.74 Å². The van der Waals surface area contributed by atoms with Crippen LogP contribution in [0.25, 0.3) is 5.57 Å². The fraction of sp³-hybridized carbons (Fsp3) is 0.412. The third-order valence-corrected chi connectivity index (χ3v) is 5.79. The Bertz CT molecular complexity index is 581. The number of likely N-dealkylation sites (N-methyl/N-ethyl adjacent to an activating group) is 1. The van der Waals surface area contributed by atoms with Crippen LogP contribution in [0.1, 0.15) is 16.2 Å². The Balaban J connectivity index is 0.00000176. The van der Waals surface area contributed by atoms with Crippen LogP contribution >= 0.6 is 22.7 Å². The van der Waals surface area contributed by atoms with E-state index in [2.05, 4.69) is 49.1 Å². The number of hydrogen-bond donors (Lipinski definition) is 0. The van der Waals surface area contributed by atoms with Crippen LogP contribution in [0.15, 0.2) is 40.6 Å². The van der Waals surface area contributed by atoms with E-state index in [1.807, 2.05) is 29.8 Å². The van der Waals surface area contributed by atoms with Gasteiger partial charge in [0, 0.05) is 28.9 Å². The average molecular weight is 356 g/mol. The molecular weight excluding hydrogens is 334 g/mol. The predicted molar refractivity (Wildman–Crippen MR) is 91.9 cm³/mol. The van der Waals surface area contributed by atoms with E-state index in [1.165, 1.54) is 20.9 Å². The molecule has 3 heterocycles. The van der Waals surface area contributed by atoms with Gasteiger partial charge in [-0.2, -0.15) is 0 Å². The van der Waals surface area contributed by atoms with E-state index < -0.39 is 0 Å². The molecule has 2 aromatic rings. The van der Waals surface area contributed by atoms with Gasteiger partial charge in [-0.3, -0.25) is 0 Å². The number of methoxy groups -OCH3 is 1. The smallest absolute Gasteiger partial charge is 0.110 e. The van der Waals surface area contributed by atoms with Gasteiger partial charge in [0.2, 0.25) is 0 Å². The molecule has 2 aromatic heterocycles. The molecule has 0 spiro atoms. The van der Waals surface area contributed by atoms with Crippen molar-refractivity contribution in [1.82, 2.24) is 0 Å². The largest absolute Gasteiger partial charge is 1.00 e. The van der Waals surface area contributed by atoms with Gasteiger partial charge in [-0.05, 0) is 28.5 Å². The molecule has 3 rings (SSSR count). The number of likely N-dealkylation sites (tertiary alicyclic amines) is 1. The maximum absolute atomic E-state index is 5.70. The second-order valence-corrected chi connectivity index (χ2v) is 8.17. The summed E-state index contributed by atoms with van der Waals surface area (Å²) in [6.45, 7) is 2.19. The van der Waals surface area contributed by atoms with Crippen molar-refractivity contribution in [3.05, 3.63) is 50.4 Å². The van der Waals surface area contributed by atoms with Gasteiger partial charge in [-0.1, -0.05) is 12.1 Å². The fourth-order valence-electron chi connectivity index (χ4n) is 3.19. The van der Waals surface area contributed by atoms with E-state index in [1.54, 1.807) is 0 Å². The number of thiophene rings is 2.